The van der Waals surface area contributed by atoms with Crippen molar-refractivity contribution < 1.29 is 0 Å². The lowest BCUT2D eigenvalue weighted by Gasteiger charge is -2.18. The van der Waals surface area contributed by atoms with Gasteiger partial charge in [-0.2, -0.15) is 0 Å². The number of hydrogen-bond acceptors (Lipinski definition) is 1. The molecule has 0 aliphatic heterocycles. The first-order chi connectivity index (χ1) is 6.29. The summed E-state index contributed by atoms with van der Waals surface area (Å²) in [5.41, 5.74) is 5.85. The Labute approximate surface area is 80.2 Å². The van der Waals surface area contributed by atoms with Gasteiger partial charge in [-0.1, -0.05) is 23.2 Å². The van der Waals surface area contributed by atoms with E-state index in [1.54, 1.807) is 6.20 Å². The summed E-state index contributed by atoms with van der Waals surface area (Å²) in [6.07, 6.45) is 3.62. The first kappa shape index (κ1) is 9.67. The third-order valence-electron chi connectivity index (χ3n) is 2.17. The molecule has 1 rings (SSSR count). The van der Waals surface area contributed by atoms with Crippen LogP contribution in [0.3, 0.4) is 0 Å². The zero-order chi connectivity index (χ0) is 9.73. The van der Waals surface area contributed by atoms with Gasteiger partial charge in [0.15, 0.2) is 8.07 Å². The maximum atomic E-state index is 4.09. The highest BCUT2D eigenvalue weighted by Crippen LogP contribution is 2.06. The maximum absolute atomic E-state index is 4.09. The van der Waals surface area contributed by atoms with E-state index >= 15 is 0 Å². The molecule has 0 saturated heterocycles. The minimum absolute atomic E-state index is 1.18. The second-order valence-corrected chi connectivity index (χ2v) is 6.46. The average molecular weight is 187 g/mol. The minimum Gasteiger partial charge on any atom is -0.265 e. The van der Waals surface area contributed by atoms with E-state index in [1.807, 2.05) is 35.4 Å². The summed E-state index contributed by atoms with van der Waals surface area (Å²) >= 11 is 0. The zero-order valence-electron chi connectivity index (χ0n) is 7.61. The van der Waals surface area contributed by atoms with E-state index in [1.165, 1.54) is 5.19 Å². The summed E-state index contributed by atoms with van der Waals surface area (Å²) in [6, 6.07) is 3.97. The Morgan fingerprint density at radius 1 is 1.15 bits per heavy atom. The van der Waals surface area contributed by atoms with E-state index in [-0.39, 0.29) is 0 Å². The van der Waals surface area contributed by atoms with Crippen molar-refractivity contribution in [3.63, 3.8) is 0 Å². The van der Waals surface area contributed by atoms with Crippen LogP contribution in [0.1, 0.15) is 0 Å². The highest BCUT2D eigenvalue weighted by molar-refractivity contribution is 7.03. The van der Waals surface area contributed by atoms with Gasteiger partial charge < -0.3 is 0 Å². The lowest BCUT2D eigenvalue weighted by atomic mass is 10.5. The van der Waals surface area contributed by atoms with Gasteiger partial charge in [-0.05, 0) is 11.3 Å². The molecule has 0 saturated carbocycles. The van der Waals surface area contributed by atoms with E-state index in [2.05, 4.69) is 24.7 Å². The molecule has 0 spiro atoms. The molecule has 0 amide bonds. The monoisotopic (exact) mass is 187 g/mol. The predicted molar refractivity (Wildman–Crippen MR) is 60.2 cm³/mol. The molecule has 0 radical (unpaired) electrons. The molecule has 0 fully saturated rings. The smallest absolute Gasteiger partial charge is 0.158 e. The second kappa shape index (κ2) is 4.01. The van der Waals surface area contributed by atoms with Gasteiger partial charge in [-0.15, -0.1) is 19.7 Å². The van der Waals surface area contributed by atoms with Gasteiger partial charge in [0.2, 0.25) is 0 Å². The van der Waals surface area contributed by atoms with Crippen LogP contribution in [0.25, 0.3) is 0 Å². The number of pyridine rings is 1. The third-order valence-corrected chi connectivity index (χ3v) is 5.50. The van der Waals surface area contributed by atoms with Crippen molar-refractivity contribution >= 4 is 13.3 Å². The molecule has 1 aromatic heterocycles. The Morgan fingerprint density at radius 3 is 2.15 bits per heavy atom. The summed E-state index contributed by atoms with van der Waals surface area (Å²) < 4.78 is 0. The topological polar surface area (TPSA) is 12.9 Å². The summed E-state index contributed by atoms with van der Waals surface area (Å²) in [5, 5.41) is 1.18. The zero-order valence-corrected chi connectivity index (χ0v) is 8.61. The summed E-state index contributed by atoms with van der Waals surface area (Å²) in [4.78, 5) is 4.09. The first-order valence-electron chi connectivity index (χ1n) is 4.10. The Balaban J connectivity index is 3.23. The van der Waals surface area contributed by atoms with Crippen molar-refractivity contribution in [2.24, 2.45) is 0 Å². The Morgan fingerprint density at radius 2 is 1.77 bits per heavy atom. The molecule has 1 nitrogen and oxygen atoms in total. The van der Waals surface area contributed by atoms with E-state index in [9.17, 15) is 0 Å². The number of nitrogens with zero attached hydrogens (tertiary/aromatic N) is 1. The molecule has 1 aromatic rings. The van der Waals surface area contributed by atoms with Gasteiger partial charge in [0.25, 0.3) is 0 Å². The highest BCUT2D eigenvalue weighted by Gasteiger charge is 2.23. The van der Waals surface area contributed by atoms with Crippen molar-refractivity contribution in [3.05, 3.63) is 61.4 Å². The van der Waals surface area contributed by atoms with E-state index < -0.39 is 8.07 Å². The molecular weight excluding hydrogens is 174 g/mol. The molecule has 0 aliphatic carbocycles. The SMILES string of the molecule is C=C[Si](C=C)(C=C)c1cccnc1. The molecule has 0 atom stereocenters. The van der Waals surface area contributed by atoms with Gasteiger partial charge in [0, 0.05) is 12.4 Å². The fourth-order valence-electron chi connectivity index (χ4n) is 1.22. The van der Waals surface area contributed by atoms with Gasteiger partial charge in [-0.25, -0.2) is 0 Å². The van der Waals surface area contributed by atoms with Crippen molar-refractivity contribution in [1.29, 1.82) is 0 Å². The van der Waals surface area contributed by atoms with E-state index in [4.69, 9.17) is 0 Å². The molecule has 2 heteroatoms. The van der Waals surface area contributed by atoms with Gasteiger partial charge in [0.05, 0.1) is 0 Å². The van der Waals surface area contributed by atoms with Crippen LogP contribution in [0.2, 0.25) is 0 Å². The van der Waals surface area contributed by atoms with Crippen molar-refractivity contribution in [2.45, 2.75) is 0 Å². The van der Waals surface area contributed by atoms with Crippen LogP contribution in [-0.4, -0.2) is 13.1 Å². The molecule has 0 aromatic carbocycles. The average Bonchev–Trinajstić information content (AvgIpc) is 2.23. The molecule has 0 N–H and O–H groups in total. The summed E-state index contributed by atoms with van der Waals surface area (Å²) in [5.74, 6) is 0. The lowest BCUT2D eigenvalue weighted by Crippen LogP contribution is -2.42. The fraction of sp³-hybridized carbons (Fsp3) is 0. The molecule has 0 aliphatic rings. The van der Waals surface area contributed by atoms with Crippen LogP contribution in [0.4, 0.5) is 0 Å². The minimum atomic E-state index is -1.86. The van der Waals surface area contributed by atoms with Crippen LogP contribution < -0.4 is 5.19 Å². The van der Waals surface area contributed by atoms with Crippen molar-refractivity contribution in [3.8, 4) is 0 Å². The Kier molecular flexibility index (Phi) is 2.98. The van der Waals surface area contributed by atoms with E-state index in [0.717, 1.165) is 0 Å². The lowest BCUT2D eigenvalue weighted by molar-refractivity contribution is 1.35. The molecular formula is C11H13NSi. The van der Waals surface area contributed by atoms with Gasteiger partial charge in [-0.3, -0.25) is 4.98 Å². The van der Waals surface area contributed by atoms with Crippen LogP contribution in [0, 0.1) is 0 Å². The predicted octanol–water partition coefficient (Wildman–Crippen LogP) is 1.91. The fourth-order valence-corrected chi connectivity index (χ4v) is 3.11. The second-order valence-electron chi connectivity index (χ2n) is 2.79. The van der Waals surface area contributed by atoms with E-state index in [0.29, 0.717) is 0 Å². The van der Waals surface area contributed by atoms with Gasteiger partial charge >= 0.3 is 0 Å². The summed E-state index contributed by atoms with van der Waals surface area (Å²) in [7, 11) is -1.86. The molecule has 0 unspecified atom stereocenters. The van der Waals surface area contributed by atoms with Crippen LogP contribution in [0.5, 0.6) is 0 Å². The molecule has 66 valence electrons. The normalized spacial score (nSPS) is 10.5. The standard InChI is InChI=1S/C11H13NSi/c1-4-13(5-2,6-3)11-8-7-9-12-10-11/h4-10H,1-3H2. The van der Waals surface area contributed by atoms with Crippen LogP contribution in [-0.2, 0) is 0 Å². The first-order valence-corrected chi connectivity index (χ1v) is 6.33. The molecule has 13 heavy (non-hydrogen) atoms. The maximum Gasteiger partial charge on any atom is 0.158 e. The summed E-state index contributed by atoms with van der Waals surface area (Å²) in [6.45, 7) is 11.5. The van der Waals surface area contributed by atoms with Gasteiger partial charge in [0.1, 0.15) is 0 Å². The molecule has 0 bridgehead atoms. The molecule has 1 heterocycles. The van der Waals surface area contributed by atoms with Crippen LogP contribution in [0.15, 0.2) is 61.4 Å². The highest BCUT2D eigenvalue weighted by atomic mass is 28.3. The van der Waals surface area contributed by atoms with Crippen molar-refractivity contribution in [2.75, 3.05) is 0 Å². The number of rotatable bonds is 4. The third kappa shape index (κ3) is 1.68. The largest absolute Gasteiger partial charge is 0.265 e. The number of hydrogen-bond donors (Lipinski definition) is 0. The Bertz CT molecular complexity index is 294. The van der Waals surface area contributed by atoms with Crippen molar-refractivity contribution in [1.82, 2.24) is 4.98 Å². The number of aromatic nitrogens is 1. The Hall–Kier alpha value is -1.41. The quantitative estimate of drug-likeness (QED) is 0.656. The van der Waals surface area contributed by atoms with Crippen LogP contribution >= 0.6 is 0 Å².